The topological polar surface area (TPSA) is 46.5 Å². The summed E-state index contributed by atoms with van der Waals surface area (Å²) in [5.41, 5.74) is 1.26. The van der Waals surface area contributed by atoms with Crippen molar-refractivity contribution in [2.75, 3.05) is 6.61 Å². The van der Waals surface area contributed by atoms with Crippen LogP contribution in [0, 0.1) is 0 Å². The molecule has 0 amide bonds. The highest BCUT2D eigenvalue weighted by Crippen LogP contribution is 2.27. The van der Waals surface area contributed by atoms with Crippen molar-refractivity contribution in [2.24, 2.45) is 0 Å². The molecule has 0 radical (unpaired) electrons. The van der Waals surface area contributed by atoms with Crippen molar-refractivity contribution in [2.45, 2.75) is 6.92 Å². The van der Waals surface area contributed by atoms with E-state index in [-0.39, 0.29) is 5.57 Å². The molecule has 2 rings (SSSR count). The highest BCUT2D eigenvalue weighted by atomic mass is 35.5. The Morgan fingerprint density at radius 3 is 2.64 bits per heavy atom. The third kappa shape index (κ3) is 4.03. The first-order chi connectivity index (χ1) is 10.5. The first-order valence-corrected chi connectivity index (χ1v) is 7.40. The van der Waals surface area contributed by atoms with E-state index < -0.39 is 5.97 Å². The van der Waals surface area contributed by atoms with Crippen LogP contribution in [-0.4, -0.2) is 17.7 Å². The number of aliphatic carboxylic acids is 1. The zero-order valence-electron chi connectivity index (χ0n) is 11.8. The van der Waals surface area contributed by atoms with E-state index in [0.29, 0.717) is 33.5 Å². The summed E-state index contributed by atoms with van der Waals surface area (Å²) in [7, 11) is 0. The highest BCUT2D eigenvalue weighted by Gasteiger charge is 2.12. The number of hydrogen-bond acceptors (Lipinski definition) is 2. The lowest BCUT2D eigenvalue weighted by Crippen LogP contribution is -2.00. The van der Waals surface area contributed by atoms with E-state index >= 15 is 0 Å². The Morgan fingerprint density at radius 1 is 1.23 bits per heavy atom. The Hall–Kier alpha value is -1.97. The predicted molar refractivity (Wildman–Crippen MR) is 89.6 cm³/mol. The smallest absolute Gasteiger partial charge is 0.336 e. The van der Waals surface area contributed by atoms with Crippen molar-refractivity contribution >= 4 is 40.8 Å². The molecule has 0 saturated carbocycles. The minimum Gasteiger partial charge on any atom is -0.494 e. The number of carboxylic acid groups (broad SMARTS) is 1. The van der Waals surface area contributed by atoms with E-state index in [4.69, 9.17) is 27.9 Å². The summed E-state index contributed by atoms with van der Waals surface area (Å²) in [6.45, 7) is 2.38. The van der Waals surface area contributed by atoms with Gasteiger partial charge in [0.25, 0.3) is 0 Å². The third-order valence-corrected chi connectivity index (χ3v) is 3.51. The maximum Gasteiger partial charge on any atom is 0.336 e. The Morgan fingerprint density at radius 2 is 2.00 bits per heavy atom. The maximum absolute atomic E-state index is 11.6. The number of halogens is 2. The van der Waals surface area contributed by atoms with Gasteiger partial charge in [-0.15, -0.1) is 0 Å². The molecule has 0 aromatic heterocycles. The molecule has 0 saturated heterocycles. The van der Waals surface area contributed by atoms with Crippen LogP contribution in [-0.2, 0) is 4.79 Å². The van der Waals surface area contributed by atoms with Gasteiger partial charge in [0.2, 0.25) is 0 Å². The molecular weight excluding hydrogens is 323 g/mol. The summed E-state index contributed by atoms with van der Waals surface area (Å²) in [5.74, 6) is -0.422. The van der Waals surface area contributed by atoms with E-state index in [2.05, 4.69) is 0 Å². The van der Waals surface area contributed by atoms with Gasteiger partial charge in [0.1, 0.15) is 5.75 Å². The minimum absolute atomic E-state index is 0.130. The van der Waals surface area contributed by atoms with Crippen LogP contribution >= 0.6 is 23.2 Å². The van der Waals surface area contributed by atoms with Crippen molar-refractivity contribution in [1.82, 2.24) is 0 Å². The number of rotatable bonds is 5. The first kappa shape index (κ1) is 16.4. The molecule has 0 atom stereocenters. The number of carbonyl (C=O) groups is 1. The van der Waals surface area contributed by atoms with Gasteiger partial charge in [0.05, 0.1) is 12.2 Å². The molecule has 114 valence electrons. The van der Waals surface area contributed by atoms with Gasteiger partial charge in [-0.2, -0.15) is 0 Å². The summed E-state index contributed by atoms with van der Waals surface area (Å²) >= 11 is 12.0. The molecule has 0 aliphatic heterocycles. The van der Waals surface area contributed by atoms with Crippen LogP contribution in [0.15, 0.2) is 42.5 Å². The van der Waals surface area contributed by atoms with E-state index in [1.165, 1.54) is 6.08 Å². The van der Waals surface area contributed by atoms with Crippen molar-refractivity contribution < 1.29 is 14.6 Å². The van der Waals surface area contributed by atoms with E-state index in [0.717, 1.165) is 0 Å². The lowest BCUT2D eigenvalue weighted by molar-refractivity contribution is -0.130. The van der Waals surface area contributed by atoms with Gasteiger partial charge >= 0.3 is 5.97 Å². The molecule has 1 N–H and O–H groups in total. The van der Waals surface area contributed by atoms with Crippen molar-refractivity contribution in [3.8, 4) is 5.75 Å². The average molecular weight is 337 g/mol. The van der Waals surface area contributed by atoms with E-state index in [1.807, 2.05) is 6.92 Å². The first-order valence-electron chi connectivity index (χ1n) is 6.64. The van der Waals surface area contributed by atoms with Gasteiger partial charge < -0.3 is 9.84 Å². The molecule has 0 fully saturated rings. The number of ether oxygens (including phenoxy) is 1. The monoisotopic (exact) mass is 336 g/mol. The Balaban J connectivity index is 2.48. The molecule has 2 aromatic rings. The van der Waals surface area contributed by atoms with Crippen molar-refractivity contribution in [1.29, 1.82) is 0 Å². The van der Waals surface area contributed by atoms with Crippen LogP contribution in [0.3, 0.4) is 0 Å². The zero-order valence-corrected chi connectivity index (χ0v) is 13.4. The van der Waals surface area contributed by atoms with Gasteiger partial charge in [-0.3, -0.25) is 0 Å². The molecule has 0 aliphatic carbocycles. The van der Waals surface area contributed by atoms with E-state index in [1.54, 1.807) is 42.5 Å². The second kappa shape index (κ2) is 7.34. The molecule has 0 unspecified atom stereocenters. The molecular formula is C17H14Cl2O3. The van der Waals surface area contributed by atoms with Gasteiger partial charge in [-0.05, 0) is 48.4 Å². The second-order valence-electron chi connectivity index (χ2n) is 4.49. The summed E-state index contributed by atoms with van der Waals surface area (Å²) in [6, 6.07) is 11.8. The predicted octanol–water partition coefficient (Wildman–Crippen LogP) is 5.02. The number of benzene rings is 2. The summed E-state index contributed by atoms with van der Waals surface area (Å²) in [5, 5.41) is 10.4. The van der Waals surface area contributed by atoms with Crippen molar-refractivity contribution in [3.05, 3.63) is 63.6 Å². The zero-order chi connectivity index (χ0) is 16.1. The molecule has 2 aromatic carbocycles. The molecule has 0 bridgehead atoms. The normalized spacial score (nSPS) is 11.3. The summed E-state index contributed by atoms with van der Waals surface area (Å²) < 4.78 is 5.40. The van der Waals surface area contributed by atoms with Crippen LogP contribution in [0.5, 0.6) is 5.75 Å². The summed E-state index contributed by atoms with van der Waals surface area (Å²) in [6.07, 6.45) is 1.52. The number of carboxylic acids is 1. The highest BCUT2D eigenvalue weighted by molar-refractivity contribution is 6.36. The lowest BCUT2D eigenvalue weighted by atomic mass is 10.0. The fourth-order valence-electron chi connectivity index (χ4n) is 1.96. The maximum atomic E-state index is 11.6. The van der Waals surface area contributed by atoms with Crippen LogP contribution < -0.4 is 4.74 Å². The Bertz CT molecular complexity index is 724. The SMILES string of the molecule is CCOc1cccc(/C(=C/c2ccc(Cl)cc2Cl)C(=O)O)c1. The van der Waals surface area contributed by atoms with Gasteiger partial charge in [-0.25, -0.2) is 4.79 Å². The van der Waals surface area contributed by atoms with Gasteiger partial charge in [0.15, 0.2) is 0 Å². The second-order valence-corrected chi connectivity index (χ2v) is 5.33. The average Bonchev–Trinajstić information content (AvgIpc) is 2.46. The number of hydrogen-bond donors (Lipinski definition) is 1. The fraction of sp³-hybridized carbons (Fsp3) is 0.118. The fourth-order valence-corrected chi connectivity index (χ4v) is 2.43. The van der Waals surface area contributed by atoms with Crippen LogP contribution in [0.4, 0.5) is 0 Å². The van der Waals surface area contributed by atoms with Crippen LogP contribution in [0.1, 0.15) is 18.1 Å². The van der Waals surface area contributed by atoms with Crippen LogP contribution in [0.2, 0.25) is 10.0 Å². The van der Waals surface area contributed by atoms with Crippen LogP contribution in [0.25, 0.3) is 11.6 Å². The summed E-state index contributed by atoms with van der Waals surface area (Å²) in [4.78, 5) is 11.6. The molecule has 3 nitrogen and oxygen atoms in total. The molecule has 5 heteroatoms. The largest absolute Gasteiger partial charge is 0.494 e. The van der Waals surface area contributed by atoms with Gasteiger partial charge in [0, 0.05) is 10.0 Å². The lowest BCUT2D eigenvalue weighted by Gasteiger charge is -2.08. The van der Waals surface area contributed by atoms with Crippen molar-refractivity contribution in [3.63, 3.8) is 0 Å². The molecule has 0 aliphatic rings. The standard InChI is InChI=1S/C17H14Cl2O3/c1-2-22-14-5-3-4-11(8-14)15(17(20)21)9-12-6-7-13(18)10-16(12)19/h3-10H,2H2,1H3,(H,20,21)/b15-9-. The molecule has 0 heterocycles. The van der Waals surface area contributed by atoms with E-state index in [9.17, 15) is 9.90 Å². The quantitative estimate of drug-likeness (QED) is 0.616. The molecule has 22 heavy (non-hydrogen) atoms. The Kier molecular flexibility index (Phi) is 5.47. The molecule has 0 spiro atoms. The Labute approximate surface area is 138 Å². The van der Waals surface area contributed by atoms with Gasteiger partial charge in [-0.1, -0.05) is 41.4 Å². The third-order valence-electron chi connectivity index (χ3n) is 2.95. The minimum atomic E-state index is -1.04.